The molecule has 4 N–H and O–H groups in total. The molecule has 0 radical (unpaired) electrons. The van der Waals surface area contributed by atoms with Crippen molar-refractivity contribution in [3.8, 4) is 0 Å². The van der Waals surface area contributed by atoms with Crippen LogP contribution >= 0.6 is 11.6 Å². The molecule has 0 bridgehead atoms. The van der Waals surface area contributed by atoms with E-state index < -0.39 is 21.9 Å². The van der Waals surface area contributed by atoms with Crippen LogP contribution in [0.3, 0.4) is 0 Å². The third kappa shape index (κ3) is 4.95. The van der Waals surface area contributed by atoms with Crippen molar-refractivity contribution >= 4 is 33.3 Å². The lowest BCUT2D eigenvalue weighted by atomic mass is 10.2. The number of rotatable bonds is 7. The molecule has 10 nitrogen and oxygen atoms in total. The van der Waals surface area contributed by atoms with Gasteiger partial charge in [0.1, 0.15) is 11.5 Å². The molecule has 13 heteroatoms. The van der Waals surface area contributed by atoms with Crippen LogP contribution in [0.1, 0.15) is 25.2 Å². The quantitative estimate of drug-likeness (QED) is 0.309. The second kappa shape index (κ2) is 8.05. The summed E-state index contributed by atoms with van der Waals surface area (Å²) in [5.41, 5.74) is -0.242. The molecule has 1 heterocycles. The molecule has 0 saturated carbocycles. The number of hydrogen-bond acceptors (Lipinski definition) is 7. The summed E-state index contributed by atoms with van der Waals surface area (Å²) in [5.74, 6) is -1.26. The van der Waals surface area contributed by atoms with Crippen molar-refractivity contribution in [2.24, 2.45) is 0 Å². The average Bonchev–Trinajstić information content (AvgIpc) is 3.01. The Kier molecular flexibility index (Phi) is 6.26. The summed E-state index contributed by atoms with van der Waals surface area (Å²) >= 11 is 5.65. The van der Waals surface area contributed by atoms with Crippen molar-refractivity contribution in [1.82, 2.24) is 19.8 Å². The van der Waals surface area contributed by atoms with Gasteiger partial charge < -0.3 is 0 Å². The van der Waals surface area contributed by atoms with Gasteiger partial charge in [-0.25, -0.2) is 14.1 Å². The van der Waals surface area contributed by atoms with Crippen LogP contribution < -0.4 is 14.5 Å². The highest BCUT2D eigenvalue weighted by Gasteiger charge is 2.23. The van der Waals surface area contributed by atoms with E-state index in [1.54, 1.807) is 13.8 Å². The third-order valence-corrected chi connectivity index (χ3v) is 4.56. The number of hydrogen-bond donors (Lipinski definition) is 4. The zero-order chi connectivity index (χ0) is 19.5. The van der Waals surface area contributed by atoms with E-state index in [4.69, 9.17) is 17.0 Å². The molecule has 26 heavy (non-hydrogen) atoms. The highest BCUT2D eigenvalue weighted by Crippen LogP contribution is 2.23. The monoisotopic (exact) mass is 406 g/mol. The van der Waals surface area contributed by atoms with Gasteiger partial charge in [0, 0.05) is 6.04 Å². The highest BCUT2D eigenvalue weighted by atomic mass is 35.5. The molecule has 0 atom stereocenters. The van der Waals surface area contributed by atoms with Gasteiger partial charge in [-0.15, -0.1) is 0 Å². The maximum Gasteiger partial charge on any atom is 0.277 e. The largest absolute Gasteiger partial charge is 0.282 e. The normalized spacial score (nSPS) is 11.8. The van der Waals surface area contributed by atoms with Crippen LogP contribution in [0.5, 0.6) is 0 Å². The minimum atomic E-state index is -3.80. The Morgan fingerprint density at radius 1 is 1.46 bits per heavy atom. The summed E-state index contributed by atoms with van der Waals surface area (Å²) in [4.78, 5) is 0. The van der Waals surface area contributed by atoms with E-state index >= 15 is 0 Å². The van der Waals surface area contributed by atoms with Gasteiger partial charge in [-0.2, -0.15) is 17.9 Å². The molecule has 2 aromatic rings. The number of nitrogens with one attached hydrogen (secondary N) is 3. The van der Waals surface area contributed by atoms with Crippen LogP contribution in [0.2, 0.25) is 5.02 Å². The van der Waals surface area contributed by atoms with Crippen molar-refractivity contribution in [3.63, 3.8) is 0 Å². The van der Waals surface area contributed by atoms with Gasteiger partial charge >= 0.3 is 0 Å². The van der Waals surface area contributed by atoms with Gasteiger partial charge in [-0.05, 0) is 37.2 Å². The molecular formula is C13H16ClFN6O4S. The maximum absolute atomic E-state index is 13.2. The first-order chi connectivity index (χ1) is 12.1. The number of benzene rings is 1. The molecule has 142 valence electrons. The van der Waals surface area contributed by atoms with Crippen molar-refractivity contribution in [1.29, 1.82) is 5.41 Å². The first-order valence-electron chi connectivity index (χ1n) is 7.22. The summed E-state index contributed by atoms with van der Waals surface area (Å²) in [7, 11) is -3.80. The summed E-state index contributed by atoms with van der Waals surface area (Å²) < 4.78 is 45.8. The second-order valence-corrected chi connectivity index (χ2v) is 7.35. The van der Waals surface area contributed by atoms with Crippen molar-refractivity contribution in [2.75, 3.05) is 5.06 Å². The van der Waals surface area contributed by atoms with E-state index in [9.17, 15) is 18.0 Å². The number of hydroxylamine groups is 1. The van der Waals surface area contributed by atoms with Crippen molar-refractivity contribution in [3.05, 3.63) is 40.4 Å². The lowest BCUT2D eigenvalue weighted by molar-refractivity contribution is 0.297. The summed E-state index contributed by atoms with van der Waals surface area (Å²) in [6, 6.07) is 2.99. The lowest BCUT2D eigenvalue weighted by Gasteiger charge is -2.17. The fraction of sp³-hybridized carbons (Fsp3) is 0.308. The third-order valence-electron chi connectivity index (χ3n) is 2.96. The molecule has 0 aliphatic carbocycles. The predicted molar refractivity (Wildman–Crippen MR) is 90.8 cm³/mol. The Morgan fingerprint density at radius 3 is 2.77 bits per heavy atom. The zero-order valence-electron chi connectivity index (χ0n) is 13.7. The lowest BCUT2D eigenvalue weighted by Crippen LogP contribution is -2.40. The minimum absolute atomic E-state index is 0.00240. The molecule has 0 aliphatic heterocycles. The SMILES string of the molecule is CC(C)NS(=O)(=O)NCc1nonc1C(=N)N(O)c1ccc(F)c(Cl)c1. The first kappa shape index (κ1) is 20.2. The van der Waals surface area contributed by atoms with E-state index in [2.05, 4.69) is 24.4 Å². The summed E-state index contributed by atoms with van der Waals surface area (Å²) in [6.45, 7) is 2.96. The van der Waals surface area contributed by atoms with Crippen LogP contribution in [-0.4, -0.2) is 35.8 Å². The number of nitrogens with zero attached hydrogens (tertiary/aromatic N) is 3. The molecule has 1 aromatic carbocycles. The average molecular weight is 407 g/mol. The van der Waals surface area contributed by atoms with E-state index in [1.165, 1.54) is 6.07 Å². The Labute approximate surface area is 153 Å². The van der Waals surface area contributed by atoms with Gasteiger partial charge in [-0.1, -0.05) is 16.8 Å². The topological polar surface area (TPSA) is 144 Å². The minimum Gasteiger partial charge on any atom is -0.282 e. The Bertz CT molecular complexity index is 904. The van der Waals surface area contributed by atoms with Crippen LogP contribution in [0.15, 0.2) is 22.8 Å². The van der Waals surface area contributed by atoms with Crippen LogP contribution in [0.4, 0.5) is 10.1 Å². The molecular weight excluding hydrogens is 391 g/mol. The standard InChI is InChI=1S/C13H16ClFN6O4S/c1-7(2)20-26(23,24)17-6-11-12(19-25-18-11)13(16)21(22)8-3-4-10(15)9(14)5-8/h3-5,7,16-17,20,22H,6H2,1-2H3. The van der Waals surface area contributed by atoms with Gasteiger partial charge in [-0.3, -0.25) is 10.6 Å². The number of halogens is 2. The number of amidine groups is 1. The van der Waals surface area contributed by atoms with Gasteiger partial charge in [0.2, 0.25) is 0 Å². The van der Waals surface area contributed by atoms with E-state index in [0.717, 1.165) is 12.1 Å². The van der Waals surface area contributed by atoms with Gasteiger partial charge in [0.05, 0.1) is 17.3 Å². The van der Waals surface area contributed by atoms with E-state index in [0.29, 0.717) is 5.06 Å². The molecule has 0 spiro atoms. The van der Waals surface area contributed by atoms with Crippen LogP contribution in [0, 0.1) is 11.2 Å². The predicted octanol–water partition coefficient (Wildman–Crippen LogP) is 1.42. The molecule has 2 rings (SSSR count). The highest BCUT2D eigenvalue weighted by molar-refractivity contribution is 7.87. The van der Waals surface area contributed by atoms with Crippen molar-refractivity contribution < 1.29 is 22.6 Å². The number of aromatic nitrogens is 2. The molecule has 1 aromatic heterocycles. The second-order valence-electron chi connectivity index (χ2n) is 5.42. The maximum atomic E-state index is 13.2. The van der Waals surface area contributed by atoms with E-state index in [1.807, 2.05) is 0 Å². The smallest absolute Gasteiger partial charge is 0.277 e. The first-order valence-corrected chi connectivity index (χ1v) is 9.08. The van der Waals surface area contributed by atoms with Gasteiger partial charge in [0.15, 0.2) is 11.5 Å². The fourth-order valence-electron chi connectivity index (χ4n) is 1.86. The van der Waals surface area contributed by atoms with E-state index in [-0.39, 0.29) is 34.7 Å². The van der Waals surface area contributed by atoms with Crippen LogP contribution in [-0.2, 0) is 16.8 Å². The molecule has 0 saturated heterocycles. The molecule has 0 unspecified atom stereocenters. The Hall–Kier alpha value is -2.12. The Balaban J connectivity index is 2.16. The fourth-order valence-corrected chi connectivity index (χ4v) is 3.07. The molecule has 0 amide bonds. The molecule has 0 fully saturated rings. The zero-order valence-corrected chi connectivity index (χ0v) is 15.3. The van der Waals surface area contributed by atoms with Crippen LogP contribution in [0.25, 0.3) is 0 Å². The Morgan fingerprint density at radius 2 is 2.15 bits per heavy atom. The van der Waals surface area contributed by atoms with Gasteiger partial charge in [0.25, 0.3) is 10.2 Å². The van der Waals surface area contributed by atoms with Crippen molar-refractivity contribution in [2.45, 2.75) is 26.4 Å². The summed E-state index contributed by atoms with van der Waals surface area (Å²) in [5, 5.41) is 25.2. The number of anilines is 1. The molecule has 0 aliphatic rings. The summed E-state index contributed by atoms with van der Waals surface area (Å²) in [6.07, 6.45) is 0.